The van der Waals surface area contributed by atoms with Crippen molar-refractivity contribution in [1.82, 2.24) is 29.9 Å². The normalized spacial score (nSPS) is 11.6. The highest BCUT2D eigenvalue weighted by Gasteiger charge is 2.23. The van der Waals surface area contributed by atoms with Crippen LogP contribution in [0.25, 0.3) is 221 Å². The summed E-state index contributed by atoms with van der Waals surface area (Å²) in [6.45, 7) is 0. The number of nitrogens with zero attached hydrogens (tertiary/aromatic N) is 6. The van der Waals surface area contributed by atoms with Gasteiger partial charge in [-0.2, -0.15) is 0 Å². The summed E-state index contributed by atoms with van der Waals surface area (Å²) in [6.07, 6.45) is 0. The summed E-state index contributed by atoms with van der Waals surface area (Å²) in [5.74, 6) is 3.60. The number of rotatable bonds is 12. The Kier molecular flexibility index (Phi) is 15.5. The van der Waals surface area contributed by atoms with E-state index in [1.54, 1.807) is 0 Å². The largest absolute Gasteiger partial charge is 0.208 e. The predicted octanol–water partition coefficient (Wildman–Crippen LogP) is 27.3. The first-order chi connectivity index (χ1) is 54.5. The van der Waals surface area contributed by atoms with Gasteiger partial charge in [-0.15, -0.1) is 0 Å². The minimum atomic E-state index is 0.591. The number of fused-ring (bicyclic) bond motifs is 8. The van der Waals surface area contributed by atoms with Crippen molar-refractivity contribution in [3.8, 4) is 135 Å². The molecular weight excluding hydrogens is 1330 g/mol. The average molecular weight is 1400 g/mol. The van der Waals surface area contributed by atoms with Gasteiger partial charge in [-0.1, -0.05) is 364 Å². The molecule has 110 heavy (non-hydrogen) atoms. The summed E-state index contributed by atoms with van der Waals surface area (Å²) < 4.78 is 0. The monoisotopic (exact) mass is 1400 g/mol. The zero-order valence-corrected chi connectivity index (χ0v) is 59.6. The molecule has 0 atom stereocenters. The van der Waals surface area contributed by atoms with Gasteiger partial charge in [0.1, 0.15) is 0 Å². The van der Waals surface area contributed by atoms with Gasteiger partial charge >= 0.3 is 0 Å². The van der Waals surface area contributed by atoms with Crippen molar-refractivity contribution in [2.24, 2.45) is 0 Å². The Hall–Kier alpha value is -14.7. The van der Waals surface area contributed by atoms with Gasteiger partial charge in [-0.05, 0) is 177 Å². The lowest BCUT2D eigenvalue weighted by atomic mass is 9.84. The second kappa shape index (κ2) is 26.7. The third-order valence-corrected chi connectivity index (χ3v) is 21.9. The summed E-state index contributed by atoms with van der Waals surface area (Å²) in [5, 5.41) is 19.0. The van der Waals surface area contributed by atoms with Crippen molar-refractivity contribution < 1.29 is 0 Å². The van der Waals surface area contributed by atoms with E-state index in [9.17, 15) is 0 Å². The molecule has 0 fully saturated rings. The molecule has 0 aliphatic rings. The molecule has 0 saturated carbocycles. The highest BCUT2D eigenvalue weighted by molar-refractivity contribution is 6.24. The second-order valence-electron chi connectivity index (χ2n) is 28.4. The molecule has 21 rings (SSSR count). The molecular formula is C104H64N6. The summed E-state index contributed by atoms with van der Waals surface area (Å²) in [6, 6.07) is 139. The molecule has 2 aromatic heterocycles. The Morgan fingerprint density at radius 2 is 0.345 bits per heavy atom. The Morgan fingerprint density at radius 3 is 0.718 bits per heavy atom. The van der Waals surface area contributed by atoms with E-state index in [1.165, 1.54) is 109 Å². The number of hydrogen-bond donors (Lipinski definition) is 0. The Labute approximate surface area is 635 Å². The van der Waals surface area contributed by atoms with Crippen LogP contribution in [0.3, 0.4) is 0 Å². The molecule has 2 heterocycles. The van der Waals surface area contributed by atoms with Gasteiger partial charge in [0.25, 0.3) is 0 Å². The molecule has 0 aliphatic heterocycles. The van der Waals surface area contributed by atoms with Crippen molar-refractivity contribution in [2.75, 3.05) is 0 Å². The van der Waals surface area contributed by atoms with Crippen molar-refractivity contribution in [1.29, 1.82) is 0 Å². The second-order valence-corrected chi connectivity index (χ2v) is 28.4. The van der Waals surface area contributed by atoms with Crippen molar-refractivity contribution in [2.45, 2.75) is 0 Å². The zero-order chi connectivity index (χ0) is 72.6. The Bertz CT molecular complexity index is 7120. The van der Waals surface area contributed by atoms with Crippen LogP contribution in [0, 0.1) is 0 Å². The van der Waals surface area contributed by atoms with Gasteiger partial charge in [0.05, 0.1) is 0 Å². The highest BCUT2D eigenvalue weighted by Crippen LogP contribution is 2.48. The van der Waals surface area contributed by atoms with E-state index in [4.69, 9.17) is 29.9 Å². The number of hydrogen-bond acceptors (Lipinski definition) is 6. The molecule has 0 aliphatic carbocycles. The van der Waals surface area contributed by atoms with Gasteiger partial charge in [-0.3, -0.25) is 0 Å². The molecule has 0 radical (unpaired) electrons. The van der Waals surface area contributed by atoms with Crippen LogP contribution in [0.1, 0.15) is 0 Å². The van der Waals surface area contributed by atoms with Crippen molar-refractivity contribution >= 4 is 86.2 Å². The van der Waals surface area contributed by atoms with E-state index < -0.39 is 0 Å². The lowest BCUT2D eigenvalue weighted by Crippen LogP contribution is -2.00. The first-order valence-corrected chi connectivity index (χ1v) is 37.4. The van der Waals surface area contributed by atoms with Gasteiger partial charge in [-0.25, -0.2) is 29.9 Å². The molecule has 510 valence electrons. The topological polar surface area (TPSA) is 77.3 Å². The van der Waals surface area contributed by atoms with Crippen LogP contribution in [0.4, 0.5) is 0 Å². The fourth-order valence-electron chi connectivity index (χ4n) is 16.5. The maximum atomic E-state index is 5.28. The quantitative estimate of drug-likeness (QED) is 0.113. The molecule has 21 aromatic rings. The third-order valence-electron chi connectivity index (χ3n) is 21.9. The molecule has 0 unspecified atom stereocenters. The molecule has 0 spiro atoms. The molecule has 0 amide bonds. The van der Waals surface area contributed by atoms with Crippen LogP contribution in [0.2, 0.25) is 0 Å². The van der Waals surface area contributed by atoms with Crippen LogP contribution in [-0.2, 0) is 0 Å². The highest BCUT2D eigenvalue weighted by atomic mass is 15.0. The molecule has 0 saturated heterocycles. The molecule has 19 aromatic carbocycles. The van der Waals surface area contributed by atoms with Crippen molar-refractivity contribution in [3.63, 3.8) is 0 Å². The standard InChI is InChI=1S/C104H64N6/c1-2-22-73(23-3-1)99-105-101(75-53-47-72(48-54-75)97-91-32-14-16-34-93(91)98(94-35-17-15-33-92(94)97)86-36-18-26-69-21-8-9-27-85(69)86)109-104(107-99)84-60-58-81-62-80(56-57-82(81)64-84)68-39-49-74(50-40-68)100-106-102(110-103(108-100)83-59-42-66-20-5-7-25-78(66)63-83)76-51-45-71(46-52-76)96-89-30-12-10-28-87(89)95(88-29-11-13-31-90(88)96)70-43-37-67(38-44-70)79-55-41-65-19-4-6-24-77(65)61-79/h1-64H. The average Bonchev–Trinajstić information content (AvgIpc) is 0.741. The molecule has 6 heteroatoms. The predicted molar refractivity (Wildman–Crippen MR) is 458 cm³/mol. The summed E-state index contributed by atoms with van der Waals surface area (Å²) in [5.41, 5.74) is 19.5. The SMILES string of the molecule is c1ccc(-c2nc(-c3ccc(-c4c5ccccc5c(-c5cccc6ccccc56)c5ccccc45)cc3)nc(-c3ccc4cc(-c5ccc(-c6nc(-c7ccc(-c8c9ccccc9c(-c9ccc(-c%10ccc%11ccccc%11c%10)cc9)c9ccccc89)cc7)nc(-c7ccc8ccccc8c7)n6)cc5)ccc4c3)n2)cc1. The molecule has 6 nitrogen and oxygen atoms in total. The van der Waals surface area contributed by atoms with Crippen LogP contribution >= 0.6 is 0 Å². The van der Waals surface area contributed by atoms with E-state index >= 15 is 0 Å². The van der Waals surface area contributed by atoms with Gasteiger partial charge in [0.2, 0.25) is 0 Å². The third kappa shape index (κ3) is 11.4. The van der Waals surface area contributed by atoms with E-state index in [-0.39, 0.29) is 0 Å². The maximum absolute atomic E-state index is 5.28. The van der Waals surface area contributed by atoms with Gasteiger partial charge in [0.15, 0.2) is 34.9 Å². The minimum absolute atomic E-state index is 0.591. The minimum Gasteiger partial charge on any atom is -0.208 e. The van der Waals surface area contributed by atoms with Crippen LogP contribution < -0.4 is 0 Å². The van der Waals surface area contributed by atoms with Crippen LogP contribution in [0.15, 0.2) is 388 Å². The Balaban J connectivity index is 0.589. The maximum Gasteiger partial charge on any atom is 0.164 e. The summed E-state index contributed by atoms with van der Waals surface area (Å²) in [7, 11) is 0. The smallest absolute Gasteiger partial charge is 0.164 e. The van der Waals surface area contributed by atoms with Crippen LogP contribution in [-0.4, -0.2) is 29.9 Å². The van der Waals surface area contributed by atoms with Gasteiger partial charge in [0, 0.05) is 33.4 Å². The summed E-state index contributed by atoms with van der Waals surface area (Å²) >= 11 is 0. The van der Waals surface area contributed by atoms with Crippen molar-refractivity contribution in [3.05, 3.63) is 388 Å². The Morgan fingerprint density at radius 1 is 0.118 bits per heavy atom. The fourth-order valence-corrected chi connectivity index (χ4v) is 16.5. The summed E-state index contributed by atoms with van der Waals surface area (Å²) in [4.78, 5) is 31.4. The first-order valence-electron chi connectivity index (χ1n) is 37.4. The first kappa shape index (κ1) is 63.7. The van der Waals surface area contributed by atoms with Gasteiger partial charge < -0.3 is 0 Å². The number of benzene rings is 19. The fraction of sp³-hybridized carbons (Fsp3) is 0. The van der Waals surface area contributed by atoms with Crippen LogP contribution in [0.5, 0.6) is 0 Å². The zero-order valence-electron chi connectivity index (χ0n) is 59.6. The lowest BCUT2D eigenvalue weighted by Gasteiger charge is -2.19. The van der Waals surface area contributed by atoms with E-state index in [2.05, 4.69) is 370 Å². The molecule has 0 bridgehead atoms. The van der Waals surface area contributed by atoms with E-state index in [0.29, 0.717) is 34.9 Å². The van der Waals surface area contributed by atoms with E-state index in [1.807, 2.05) is 18.2 Å². The molecule has 0 N–H and O–H groups in total. The lowest BCUT2D eigenvalue weighted by molar-refractivity contribution is 1.07. The number of aromatic nitrogens is 6. The van der Waals surface area contributed by atoms with E-state index in [0.717, 1.165) is 77.2 Å².